The van der Waals surface area contributed by atoms with Gasteiger partial charge in [-0.25, -0.2) is 4.98 Å². The van der Waals surface area contributed by atoms with Crippen molar-refractivity contribution in [2.75, 3.05) is 18.5 Å². The van der Waals surface area contributed by atoms with Crippen molar-refractivity contribution in [2.24, 2.45) is 11.3 Å². The zero-order valence-electron chi connectivity index (χ0n) is 11.7. The molecule has 1 aliphatic carbocycles. The molecular formula is C16H14BrClN2O2. The highest BCUT2D eigenvalue weighted by Crippen LogP contribution is 2.58. The number of pyridine rings is 1. The monoisotopic (exact) mass is 380 g/mol. The first kappa shape index (κ1) is 14.4. The van der Waals surface area contributed by atoms with E-state index in [1.165, 1.54) is 0 Å². The molecule has 1 saturated carbocycles. The molecule has 2 atom stereocenters. The number of benzene rings is 1. The van der Waals surface area contributed by atoms with Gasteiger partial charge in [-0.05, 0) is 52.4 Å². The molecule has 2 aromatic rings. The van der Waals surface area contributed by atoms with Gasteiger partial charge in [-0.2, -0.15) is 0 Å². The Morgan fingerprint density at radius 1 is 1.41 bits per heavy atom. The van der Waals surface area contributed by atoms with Gasteiger partial charge < -0.3 is 10.1 Å². The van der Waals surface area contributed by atoms with Gasteiger partial charge in [0.25, 0.3) is 0 Å². The van der Waals surface area contributed by atoms with Crippen molar-refractivity contribution >= 4 is 50.0 Å². The van der Waals surface area contributed by atoms with Crippen molar-refractivity contribution in [1.82, 2.24) is 4.98 Å². The van der Waals surface area contributed by atoms with Crippen molar-refractivity contribution in [3.8, 4) is 0 Å². The third-order valence-electron chi connectivity index (χ3n) is 4.65. The summed E-state index contributed by atoms with van der Waals surface area (Å²) in [6, 6.07) is 5.65. The summed E-state index contributed by atoms with van der Waals surface area (Å²) in [7, 11) is 0. The fourth-order valence-corrected chi connectivity index (χ4v) is 3.73. The third-order valence-corrected chi connectivity index (χ3v) is 5.85. The first-order valence-corrected chi connectivity index (χ1v) is 8.38. The molecule has 1 N–H and O–H groups in total. The molecule has 4 nitrogen and oxygen atoms in total. The van der Waals surface area contributed by atoms with Gasteiger partial charge in [-0.3, -0.25) is 4.79 Å². The first-order valence-electron chi connectivity index (χ1n) is 7.21. The van der Waals surface area contributed by atoms with Crippen molar-refractivity contribution in [2.45, 2.75) is 12.8 Å². The van der Waals surface area contributed by atoms with Crippen LogP contribution in [0.25, 0.3) is 10.8 Å². The second-order valence-electron chi connectivity index (χ2n) is 6.09. The highest BCUT2D eigenvalue weighted by atomic mass is 79.9. The summed E-state index contributed by atoms with van der Waals surface area (Å²) >= 11 is 9.49. The average molecular weight is 382 g/mol. The summed E-state index contributed by atoms with van der Waals surface area (Å²) < 4.78 is 6.25. The summed E-state index contributed by atoms with van der Waals surface area (Å²) in [5.74, 6) is 0.683. The van der Waals surface area contributed by atoms with Crippen molar-refractivity contribution in [3.63, 3.8) is 0 Å². The largest absolute Gasteiger partial charge is 0.381 e. The van der Waals surface area contributed by atoms with Gasteiger partial charge in [0, 0.05) is 34.0 Å². The number of rotatable bonds is 2. The lowest BCUT2D eigenvalue weighted by Gasteiger charge is -2.08. The molecule has 2 aliphatic rings. The highest BCUT2D eigenvalue weighted by molar-refractivity contribution is 9.10. The summed E-state index contributed by atoms with van der Waals surface area (Å²) in [4.78, 5) is 16.7. The van der Waals surface area contributed by atoms with E-state index in [2.05, 4.69) is 26.2 Å². The number of amides is 1. The number of anilines is 1. The quantitative estimate of drug-likeness (QED) is 0.855. The Morgan fingerprint density at radius 2 is 2.27 bits per heavy atom. The van der Waals surface area contributed by atoms with Crippen LogP contribution in [0.4, 0.5) is 5.82 Å². The third kappa shape index (κ3) is 2.41. The summed E-state index contributed by atoms with van der Waals surface area (Å²) in [5.41, 5.74) is 0.0947. The van der Waals surface area contributed by atoms with Crippen LogP contribution in [0.3, 0.4) is 0 Å². The maximum absolute atomic E-state index is 12.4. The lowest BCUT2D eigenvalue weighted by atomic mass is 10.0. The minimum atomic E-state index is 0.0466. The molecule has 114 valence electrons. The standard InChI is InChI=1S/C16H14BrClN2O2/c17-12-3-9-5-14(19-7-10(9)4-13(12)18)20-15(21)11-6-16(11)1-2-22-8-16/h3-5,7,11H,1-2,6,8H2,(H,19,20,21)/t11-,16+/m1/s1. The Labute approximate surface area is 141 Å². The van der Waals surface area contributed by atoms with Gasteiger partial charge in [0.1, 0.15) is 5.82 Å². The van der Waals surface area contributed by atoms with E-state index in [1.54, 1.807) is 6.20 Å². The number of carbonyl (C=O) groups excluding carboxylic acids is 1. The normalized spacial score (nSPS) is 26.5. The van der Waals surface area contributed by atoms with Crippen molar-refractivity contribution < 1.29 is 9.53 Å². The number of aromatic nitrogens is 1. The van der Waals surface area contributed by atoms with Crippen LogP contribution in [-0.2, 0) is 9.53 Å². The number of halogens is 2. The Hall–Kier alpha value is -1.17. The predicted molar refractivity (Wildman–Crippen MR) is 89.1 cm³/mol. The molecule has 4 rings (SSSR count). The minimum absolute atomic E-state index is 0.0466. The molecular weight excluding hydrogens is 368 g/mol. The molecule has 6 heteroatoms. The van der Waals surface area contributed by atoms with E-state index in [4.69, 9.17) is 16.3 Å². The van der Waals surface area contributed by atoms with E-state index in [0.29, 0.717) is 17.4 Å². The summed E-state index contributed by atoms with van der Waals surface area (Å²) in [6.07, 6.45) is 3.64. The fourth-order valence-electron chi connectivity index (χ4n) is 3.20. The predicted octanol–water partition coefficient (Wildman–Crippen LogP) is 4.02. The zero-order valence-corrected chi connectivity index (χ0v) is 14.1. The molecule has 2 heterocycles. The van der Waals surface area contributed by atoms with E-state index < -0.39 is 0 Å². The fraction of sp³-hybridized carbons (Fsp3) is 0.375. The van der Waals surface area contributed by atoms with Gasteiger partial charge in [0.15, 0.2) is 0 Å². The van der Waals surface area contributed by atoms with Gasteiger partial charge >= 0.3 is 0 Å². The van der Waals surface area contributed by atoms with E-state index in [0.717, 1.165) is 34.7 Å². The number of carbonyl (C=O) groups is 1. The van der Waals surface area contributed by atoms with Crippen LogP contribution in [0.1, 0.15) is 12.8 Å². The smallest absolute Gasteiger partial charge is 0.229 e. The Kier molecular flexibility index (Phi) is 3.40. The van der Waals surface area contributed by atoms with Crippen LogP contribution >= 0.6 is 27.5 Å². The average Bonchev–Trinajstić information content (AvgIpc) is 2.98. The van der Waals surface area contributed by atoms with E-state index in [1.807, 2.05) is 18.2 Å². The molecule has 1 saturated heterocycles. The maximum atomic E-state index is 12.4. The minimum Gasteiger partial charge on any atom is -0.381 e. The zero-order chi connectivity index (χ0) is 15.3. The molecule has 1 aromatic carbocycles. The molecule has 1 aliphatic heterocycles. The lowest BCUT2D eigenvalue weighted by molar-refractivity contribution is -0.118. The molecule has 1 aromatic heterocycles. The van der Waals surface area contributed by atoms with E-state index in [-0.39, 0.29) is 17.2 Å². The van der Waals surface area contributed by atoms with Gasteiger partial charge in [-0.15, -0.1) is 0 Å². The molecule has 0 unspecified atom stereocenters. The van der Waals surface area contributed by atoms with E-state index in [9.17, 15) is 4.79 Å². The van der Waals surface area contributed by atoms with Crippen LogP contribution in [0.2, 0.25) is 5.02 Å². The second kappa shape index (κ2) is 5.18. The topological polar surface area (TPSA) is 51.2 Å². The Bertz CT molecular complexity index is 774. The van der Waals surface area contributed by atoms with Crippen LogP contribution in [0.5, 0.6) is 0 Å². The van der Waals surface area contributed by atoms with Crippen LogP contribution < -0.4 is 5.32 Å². The molecule has 2 fully saturated rings. The number of hydrogen-bond acceptors (Lipinski definition) is 3. The first-order chi connectivity index (χ1) is 10.6. The maximum Gasteiger partial charge on any atom is 0.229 e. The van der Waals surface area contributed by atoms with Crippen LogP contribution in [0, 0.1) is 11.3 Å². The number of fused-ring (bicyclic) bond motifs is 1. The number of nitrogens with zero attached hydrogens (tertiary/aromatic N) is 1. The van der Waals surface area contributed by atoms with Crippen LogP contribution in [0.15, 0.2) is 28.9 Å². The summed E-state index contributed by atoms with van der Waals surface area (Å²) in [5, 5.41) is 5.50. The molecule has 1 amide bonds. The van der Waals surface area contributed by atoms with E-state index >= 15 is 0 Å². The molecule has 1 spiro atoms. The molecule has 22 heavy (non-hydrogen) atoms. The summed E-state index contributed by atoms with van der Waals surface area (Å²) in [6.45, 7) is 1.48. The van der Waals surface area contributed by atoms with Crippen LogP contribution in [-0.4, -0.2) is 24.1 Å². The second-order valence-corrected chi connectivity index (χ2v) is 7.36. The number of ether oxygens (including phenoxy) is 1. The molecule has 0 bridgehead atoms. The van der Waals surface area contributed by atoms with Gasteiger partial charge in [0.05, 0.1) is 11.6 Å². The number of nitrogens with one attached hydrogen (secondary N) is 1. The van der Waals surface area contributed by atoms with Gasteiger partial charge in [0.2, 0.25) is 5.91 Å². The lowest BCUT2D eigenvalue weighted by Crippen LogP contribution is -2.19. The SMILES string of the molecule is O=C(Nc1cc2cc(Br)c(Cl)cc2cn1)[C@H]1C[C@]12CCOC2. The van der Waals surface area contributed by atoms with Gasteiger partial charge in [-0.1, -0.05) is 11.6 Å². The van der Waals surface area contributed by atoms with Crippen molar-refractivity contribution in [3.05, 3.63) is 33.9 Å². The van der Waals surface area contributed by atoms with Crippen molar-refractivity contribution in [1.29, 1.82) is 0 Å². The molecule has 0 radical (unpaired) electrons. The number of hydrogen-bond donors (Lipinski definition) is 1. The highest BCUT2D eigenvalue weighted by Gasteiger charge is 2.59. The Morgan fingerprint density at radius 3 is 3.05 bits per heavy atom. The Balaban J connectivity index is 1.54.